The van der Waals surface area contributed by atoms with E-state index < -0.39 is 23.3 Å². The molecule has 1 rings (SSSR count). The Morgan fingerprint density at radius 3 is 2.56 bits per heavy atom. The van der Waals surface area contributed by atoms with E-state index in [9.17, 15) is 18.0 Å². The highest BCUT2D eigenvalue weighted by molar-refractivity contribution is 9.10. The summed E-state index contributed by atoms with van der Waals surface area (Å²) in [5.74, 6) is -1.08. The summed E-state index contributed by atoms with van der Waals surface area (Å²) in [5.41, 5.74) is -2.00. The van der Waals surface area contributed by atoms with Gasteiger partial charge in [0.1, 0.15) is 0 Å². The monoisotopic (exact) mass is 321 g/mol. The van der Waals surface area contributed by atoms with Gasteiger partial charge >= 0.3 is 12.1 Å². The van der Waals surface area contributed by atoms with Gasteiger partial charge in [-0.2, -0.15) is 18.4 Å². The molecule has 0 unspecified atom stereocenters. The standard InChI is InChI=1S/C11H7BrF3NO2/c1-2-18-10(17)9-7(11(13,14)15)3-6(5-16)4-8(9)12/h3-4H,2H2,1H3. The van der Waals surface area contributed by atoms with Gasteiger partial charge in [0.25, 0.3) is 0 Å². The van der Waals surface area contributed by atoms with Gasteiger partial charge in [0.15, 0.2) is 0 Å². The van der Waals surface area contributed by atoms with E-state index >= 15 is 0 Å². The lowest BCUT2D eigenvalue weighted by molar-refractivity contribution is -0.138. The third-order valence-electron chi connectivity index (χ3n) is 2.00. The maximum Gasteiger partial charge on any atom is 0.417 e. The van der Waals surface area contributed by atoms with E-state index in [1.54, 1.807) is 6.07 Å². The summed E-state index contributed by atoms with van der Waals surface area (Å²) in [7, 11) is 0. The molecule has 1 aromatic carbocycles. The van der Waals surface area contributed by atoms with Crippen LogP contribution in [0.2, 0.25) is 0 Å². The number of alkyl halides is 3. The predicted octanol–water partition coefficient (Wildman–Crippen LogP) is 3.52. The molecule has 0 saturated carbocycles. The highest BCUT2D eigenvalue weighted by Crippen LogP contribution is 2.36. The molecule has 0 saturated heterocycles. The van der Waals surface area contributed by atoms with Gasteiger partial charge < -0.3 is 4.74 Å². The molecular weight excluding hydrogens is 315 g/mol. The van der Waals surface area contributed by atoms with Crippen LogP contribution in [0.25, 0.3) is 0 Å². The minimum absolute atomic E-state index is 0.0391. The molecule has 0 aliphatic heterocycles. The molecule has 0 heterocycles. The number of nitrogens with zero attached hydrogens (tertiary/aromatic N) is 1. The molecule has 96 valence electrons. The molecule has 0 radical (unpaired) electrons. The van der Waals surface area contributed by atoms with Crippen LogP contribution in [0.5, 0.6) is 0 Å². The van der Waals surface area contributed by atoms with Gasteiger partial charge in [-0.15, -0.1) is 0 Å². The maximum atomic E-state index is 12.8. The number of rotatable bonds is 2. The van der Waals surface area contributed by atoms with Crippen LogP contribution in [-0.4, -0.2) is 12.6 Å². The van der Waals surface area contributed by atoms with Gasteiger partial charge in [-0.05, 0) is 35.0 Å². The van der Waals surface area contributed by atoms with Crippen LogP contribution in [-0.2, 0) is 10.9 Å². The normalized spacial score (nSPS) is 10.9. The number of nitriles is 1. The summed E-state index contributed by atoms with van der Waals surface area (Å²) in [5, 5.41) is 8.63. The first-order valence-corrected chi connectivity index (χ1v) is 5.58. The summed E-state index contributed by atoms with van der Waals surface area (Å²) in [6.07, 6.45) is -4.74. The lowest BCUT2D eigenvalue weighted by Crippen LogP contribution is -2.16. The largest absolute Gasteiger partial charge is 0.462 e. The van der Waals surface area contributed by atoms with Gasteiger partial charge in [0, 0.05) is 4.47 Å². The zero-order chi connectivity index (χ0) is 13.9. The summed E-state index contributed by atoms with van der Waals surface area (Å²) in [4.78, 5) is 11.5. The van der Waals surface area contributed by atoms with E-state index in [1.165, 1.54) is 6.92 Å². The Balaban J connectivity index is 3.49. The smallest absolute Gasteiger partial charge is 0.417 e. The molecule has 0 atom stereocenters. The number of benzene rings is 1. The molecule has 3 nitrogen and oxygen atoms in total. The average Bonchev–Trinajstić information content (AvgIpc) is 2.26. The molecule has 0 spiro atoms. The van der Waals surface area contributed by atoms with Crippen LogP contribution in [0.4, 0.5) is 13.2 Å². The van der Waals surface area contributed by atoms with E-state index in [4.69, 9.17) is 5.26 Å². The van der Waals surface area contributed by atoms with Gasteiger partial charge in [-0.3, -0.25) is 0 Å². The Hall–Kier alpha value is -1.55. The van der Waals surface area contributed by atoms with Gasteiger partial charge in [0.2, 0.25) is 0 Å². The second-order valence-electron chi connectivity index (χ2n) is 3.21. The Labute approximate surface area is 109 Å². The van der Waals surface area contributed by atoms with Crippen LogP contribution in [0, 0.1) is 11.3 Å². The SMILES string of the molecule is CCOC(=O)c1c(Br)cc(C#N)cc1C(F)(F)F. The van der Waals surface area contributed by atoms with Crippen molar-refractivity contribution < 1.29 is 22.7 Å². The predicted molar refractivity (Wildman–Crippen MR) is 59.8 cm³/mol. The molecule has 0 aliphatic carbocycles. The van der Waals surface area contributed by atoms with Crippen molar-refractivity contribution in [3.63, 3.8) is 0 Å². The van der Waals surface area contributed by atoms with E-state index in [0.29, 0.717) is 6.07 Å². The van der Waals surface area contributed by atoms with Crippen molar-refractivity contribution in [1.82, 2.24) is 0 Å². The Bertz CT molecular complexity index is 520. The van der Waals surface area contributed by atoms with Crippen molar-refractivity contribution in [3.05, 3.63) is 33.3 Å². The molecule has 0 aromatic heterocycles. The zero-order valence-electron chi connectivity index (χ0n) is 9.14. The molecule has 0 fully saturated rings. The number of hydrogen-bond donors (Lipinski definition) is 0. The molecular formula is C11H7BrF3NO2. The number of halogens is 4. The number of hydrogen-bond acceptors (Lipinski definition) is 3. The van der Waals surface area contributed by atoms with E-state index in [1.807, 2.05) is 0 Å². The third-order valence-corrected chi connectivity index (χ3v) is 2.63. The van der Waals surface area contributed by atoms with Gasteiger partial charge in [-0.1, -0.05) is 0 Å². The summed E-state index contributed by atoms with van der Waals surface area (Å²) in [6.45, 7) is 1.45. The van der Waals surface area contributed by atoms with Crippen LogP contribution < -0.4 is 0 Å². The number of carbonyl (C=O) groups is 1. The summed E-state index contributed by atoms with van der Waals surface area (Å²) >= 11 is 2.85. The maximum absolute atomic E-state index is 12.8. The molecule has 0 N–H and O–H groups in total. The molecule has 0 amide bonds. The fourth-order valence-corrected chi connectivity index (χ4v) is 1.93. The third kappa shape index (κ3) is 3.01. The van der Waals surface area contributed by atoms with Crippen molar-refractivity contribution in [2.24, 2.45) is 0 Å². The van der Waals surface area contributed by atoms with Crippen molar-refractivity contribution in [3.8, 4) is 6.07 Å². The van der Waals surface area contributed by atoms with E-state index in [0.717, 1.165) is 6.07 Å². The van der Waals surface area contributed by atoms with Gasteiger partial charge in [-0.25, -0.2) is 4.79 Å². The quantitative estimate of drug-likeness (QED) is 0.783. The number of esters is 1. The topological polar surface area (TPSA) is 50.1 Å². The highest BCUT2D eigenvalue weighted by atomic mass is 79.9. The summed E-state index contributed by atoms with van der Waals surface area (Å²) < 4.78 is 42.9. The average molecular weight is 322 g/mol. The number of ether oxygens (including phenoxy) is 1. The molecule has 18 heavy (non-hydrogen) atoms. The second-order valence-corrected chi connectivity index (χ2v) is 4.06. The van der Waals surface area contributed by atoms with E-state index in [2.05, 4.69) is 20.7 Å². The minimum Gasteiger partial charge on any atom is -0.462 e. The lowest BCUT2D eigenvalue weighted by Gasteiger charge is -2.13. The van der Waals surface area contributed by atoms with Crippen molar-refractivity contribution in [1.29, 1.82) is 5.26 Å². The fraction of sp³-hybridized carbons (Fsp3) is 0.273. The van der Waals surface area contributed by atoms with Crippen molar-refractivity contribution in [2.45, 2.75) is 13.1 Å². The summed E-state index contributed by atoms with van der Waals surface area (Å²) in [6, 6.07) is 3.36. The Kier molecular flexibility index (Phi) is 4.35. The lowest BCUT2D eigenvalue weighted by atomic mass is 10.0. The first-order chi connectivity index (χ1) is 8.31. The zero-order valence-corrected chi connectivity index (χ0v) is 10.7. The Morgan fingerprint density at radius 2 is 2.11 bits per heavy atom. The number of carbonyl (C=O) groups excluding carboxylic acids is 1. The molecule has 0 aliphatic rings. The van der Waals surface area contributed by atoms with Gasteiger partial charge in [0.05, 0.1) is 29.4 Å². The first kappa shape index (κ1) is 14.5. The fourth-order valence-electron chi connectivity index (χ4n) is 1.31. The molecule has 1 aromatic rings. The highest BCUT2D eigenvalue weighted by Gasteiger charge is 2.37. The van der Waals surface area contributed by atoms with Crippen LogP contribution >= 0.6 is 15.9 Å². The van der Waals surface area contributed by atoms with Crippen molar-refractivity contribution in [2.75, 3.05) is 6.61 Å². The Morgan fingerprint density at radius 1 is 1.50 bits per heavy atom. The van der Waals surface area contributed by atoms with Crippen molar-refractivity contribution >= 4 is 21.9 Å². The molecule has 0 bridgehead atoms. The van der Waals surface area contributed by atoms with E-state index in [-0.39, 0.29) is 16.6 Å². The minimum atomic E-state index is -4.74. The first-order valence-electron chi connectivity index (χ1n) is 4.79. The van der Waals surface area contributed by atoms with Crippen LogP contribution in [0.3, 0.4) is 0 Å². The second kappa shape index (κ2) is 5.40. The molecule has 7 heteroatoms. The van der Waals surface area contributed by atoms with Crippen LogP contribution in [0.1, 0.15) is 28.4 Å². The van der Waals surface area contributed by atoms with Crippen LogP contribution in [0.15, 0.2) is 16.6 Å².